The normalized spacial score (nSPS) is 25.6. The molecule has 1 saturated heterocycles. The second-order valence-electron chi connectivity index (χ2n) is 3.81. The SMILES string of the molecule is COC(=O)C1C[C@@H]([C@@H](CO)OS(C)(=O)=O)OC1=O. The first-order chi connectivity index (χ1) is 8.28. The molecule has 0 aromatic carbocycles. The molecule has 0 radical (unpaired) electrons. The second-order valence-corrected chi connectivity index (χ2v) is 5.41. The summed E-state index contributed by atoms with van der Waals surface area (Å²) in [7, 11) is -2.68. The van der Waals surface area contributed by atoms with Gasteiger partial charge >= 0.3 is 11.9 Å². The fourth-order valence-electron chi connectivity index (χ4n) is 1.60. The van der Waals surface area contributed by atoms with Crippen molar-refractivity contribution in [2.24, 2.45) is 5.92 Å². The highest BCUT2D eigenvalue weighted by molar-refractivity contribution is 7.86. The van der Waals surface area contributed by atoms with Crippen molar-refractivity contribution in [1.82, 2.24) is 0 Å². The first-order valence-electron chi connectivity index (χ1n) is 5.06. The molecule has 3 atom stereocenters. The summed E-state index contributed by atoms with van der Waals surface area (Å²) in [5.74, 6) is -2.70. The smallest absolute Gasteiger partial charge is 0.320 e. The molecule has 104 valence electrons. The first-order valence-corrected chi connectivity index (χ1v) is 6.87. The molecular formula is C9H14O8S. The van der Waals surface area contributed by atoms with Gasteiger partial charge in [0.1, 0.15) is 12.2 Å². The quantitative estimate of drug-likeness (QED) is 0.365. The zero-order valence-electron chi connectivity index (χ0n) is 9.86. The molecule has 0 saturated carbocycles. The van der Waals surface area contributed by atoms with Crippen LogP contribution >= 0.6 is 0 Å². The summed E-state index contributed by atoms with van der Waals surface area (Å²) in [6, 6.07) is 0. The average molecular weight is 282 g/mol. The van der Waals surface area contributed by atoms with E-state index in [2.05, 4.69) is 8.92 Å². The molecule has 1 fully saturated rings. The van der Waals surface area contributed by atoms with Crippen molar-refractivity contribution in [2.45, 2.75) is 18.6 Å². The van der Waals surface area contributed by atoms with Crippen molar-refractivity contribution in [2.75, 3.05) is 20.0 Å². The topological polar surface area (TPSA) is 116 Å². The van der Waals surface area contributed by atoms with Gasteiger partial charge in [0.25, 0.3) is 10.1 Å². The summed E-state index contributed by atoms with van der Waals surface area (Å²) >= 11 is 0. The maximum atomic E-state index is 11.4. The third-order valence-corrected chi connectivity index (χ3v) is 3.00. The standard InChI is InChI=1S/C9H14O8S/c1-15-8(11)5-3-6(16-9(5)12)7(4-10)17-18(2,13)14/h5-7,10H,3-4H2,1-2H3/t5?,6-,7+/m0/s1. The lowest BCUT2D eigenvalue weighted by atomic mass is 10.0. The molecular weight excluding hydrogens is 268 g/mol. The fraction of sp³-hybridized carbons (Fsp3) is 0.778. The number of aliphatic hydroxyl groups is 1. The summed E-state index contributed by atoms with van der Waals surface area (Å²) in [4.78, 5) is 22.6. The van der Waals surface area contributed by atoms with Crippen LogP contribution < -0.4 is 0 Å². The first kappa shape index (κ1) is 14.9. The van der Waals surface area contributed by atoms with E-state index in [0.29, 0.717) is 0 Å². The Morgan fingerprint density at radius 3 is 2.67 bits per heavy atom. The second kappa shape index (κ2) is 5.63. The Hall–Kier alpha value is -1.19. The van der Waals surface area contributed by atoms with Gasteiger partial charge in [0.2, 0.25) is 0 Å². The molecule has 1 heterocycles. The van der Waals surface area contributed by atoms with Crippen molar-refractivity contribution in [3.8, 4) is 0 Å². The van der Waals surface area contributed by atoms with Crippen LogP contribution in [0.3, 0.4) is 0 Å². The van der Waals surface area contributed by atoms with Crippen molar-refractivity contribution >= 4 is 22.1 Å². The van der Waals surface area contributed by atoms with E-state index in [9.17, 15) is 18.0 Å². The molecule has 18 heavy (non-hydrogen) atoms. The Balaban J connectivity index is 2.74. The molecule has 1 N–H and O–H groups in total. The minimum atomic E-state index is -3.80. The zero-order valence-corrected chi connectivity index (χ0v) is 10.7. The number of aliphatic hydroxyl groups excluding tert-OH is 1. The maximum absolute atomic E-state index is 11.4. The zero-order chi connectivity index (χ0) is 13.9. The minimum absolute atomic E-state index is 0.0910. The number of rotatable bonds is 5. The van der Waals surface area contributed by atoms with Crippen LogP contribution in [0.25, 0.3) is 0 Å². The van der Waals surface area contributed by atoms with Crippen LogP contribution in [0.15, 0.2) is 0 Å². The van der Waals surface area contributed by atoms with Gasteiger partial charge in [-0.1, -0.05) is 0 Å². The average Bonchev–Trinajstić information content (AvgIpc) is 2.66. The summed E-state index contributed by atoms with van der Waals surface area (Å²) in [5.41, 5.74) is 0. The van der Waals surface area contributed by atoms with Gasteiger partial charge in [-0.2, -0.15) is 8.42 Å². The number of carbonyl (C=O) groups is 2. The van der Waals surface area contributed by atoms with Gasteiger partial charge in [0, 0.05) is 6.42 Å². The molecule has 1 aliphatic heterocycles. The Labute approximate surface area is 104 Å². The Kier molecular flexibility index (Phi) is 4.65. The minimum Gasteiger partial charge on any atom is -0.468 e. The van der Waals surface area contributed by atoms with E-state index in [0.717, 1.165) is 13.4 Å². The predicted octanol–water partition coefficient (Wildman–Crippen LogP) is -1.57. The summed E-state index contributed by atoms with van der Waals surface area (Å²) < 4.78 is 35.7. The molecule has 9 heteroatoms. The van der Waals surface area contributed by atoms with Gasteiger partial charge in [-0.25, -0.2) is 0 Å². The molecule has 0 aromatic heterocycles. The highest BCUT2D eigenvalue weighted by atomic mass is 32.2. The number of carbonyl (C=O) groups excluding carboxylic acids is 2. The lowest BCUT2D eigenvalue weighted by Crippen LogP contribution is -2.34. The van der Waals surface area contributed by atoms with Crippen molar-refractivity contribution < 1.29 is 36.8 Å². The van der Waals surface area contributed by atoms with Gasteiger partial charge in [-0.05, 0) is 0 Å². The monoisotopic (exact) mass is 282 g/mol. The Morgan fingerprint density at radius 1 is 1.61 bits per heavy atom. The number of cyclic esters (lactones) is 1. The molecule has 8 nitrogen and oxygen atoms in total. The number of esters is 2. The van der Waals surface area contributed by atoms with E-state index < -0.39 is 46.8 Å². The summed E-state index contributed by atoms with van der Waals surface area (Å²) in [5, 5.41) is 9.02. The summed E-state index contributed by atoms with van der Waals surface area (Å²) in [6.07, 6.45) is -1.50. The molecule has 1 rings (SSSR count). The fourth-order valence-corrected chi connectivity index (χ4v) is 2.24. The molecule has 0 spiro atoms. The third-order valence-electron chi connectivity index (χ3n) is 2.40. The number of methoxy groups -OCH3 is 1. The van der Waals surface area contributed by atoms with Crippen LogP contribution in [0.5, 0.6) is 0 Å². The van der Waals surface area contributed by atoms with E-state index >= 15 is 0 Å². The lowest BCUT2D eigenvalue weighted by Gasteiger charge is -2.18. The third kappa shape index (κ3) is 3.65. The van der Waals surface area contributed by atoms with E-state index in [-0.39, 0.29) is 6.42 Å². The molecule has 1 unspecified atom stereocenters. The van der Waals surface area contributed by atoms with Crippen LogP contribution in [0.4, 0.5) is 0 Å². The van der Waals surface area contributed by atoms with Crippen LogP contribution in [-0.2, 0) is 33.4 Å². The molecule has 0 aliphatic carbocycles. The Morgan fingerprint density at radius 2 is 2.22 bits per heavy atom. The molecule has 1 aliphatic rings. The number of ether oxygens (including phenoxy) is 2. The number of hydrogen-bond donors (Lipinski definition) is 1. The van der Waals surface area contributed by atoms with Gasteiger partial charge in [0.05, 0.1) is 20.0 Å². The molecule has 0 aromatic rings. The van der Waals surface area contributed by atoms with Gasteiger partial charge in [-0.3, -0.25) is 13.8 Å². The van der Waals surface area contributed by atoms with Crippen LogP contribution in [0.1, 0.15) is 6.42 Å². The largest absolute Gasteiger partial charge is 0.468 e. The van der Waals surface area contributed by atoms with Crippen LogP contribution in [-0.4, -0.2) is 57.6 Å². The highest BCUT2D eigenvalue weighted by Crippen LogP contribution is 2.26. The summed E-state index contributed by atoms with van der Waals surface area (Å²) in [6.45, 7) is -0.654. The van der Waals surface area contributed by atoms with Crippen molar-refractivity contribution in [3.63, 3.8) is 0 Å². The predicted molar refractivity (Wildman–Crippen MR) is 56.8 cm³/mol. The van der Waals surface area contributed by atoms with Crippen LogP contribution in [0, 0.1) is 5.92 Å². The van der Waals surface area contributed by atoms with Crippen molar-refractivity contribution in [1.29, 1.82) is 0 Å². The van der Waals surface area contributed by atoms with Gasteiger partial charge < -0.3 is 14.6 Å². The molecule has 0 amide bonds. The van der Waals surface area contributed by atoms with E-state index in [4.69, 9.17) is 9.84 Å². The number of hydrogen-bond acceptors (Lipinski definition) is 8. The van der Waals surface area contributed by atoms with Gasteiger partial charge in [0.15, 0.2) is 5.92 Å². The highest BCUT2D eigenvalue weighted by Gasteiger charge is 2.44. The Bertz CT molecular complexity index is 428. The van der Waals surface area contributed by atoms with E-state index in [1.165, 1.54) is 0 Å². The lowest BCUT2D eigenvalue weighted by molar-refractivity contribution is -0.156. The van der Waals surface area contributed by atoms with Crippen molar-refractivity contribution in [3.05, 3.63) is 0 Å². The maximum Gasteiger partial charge on any atom is 0.320 e. The van der Waals surface area contributed by atoms with E-state index in [1.807, 2.05) is 0 Å². The van der Waals surface area contributed by atoms with Crippen LogP contribution in [0.2, 0.25) is 0 Å². The molecule has 0 bridgehead atoms. The van der Waals surface area contributed by atoms with E-state index in [1.54, 1.807) is 0 Å². The van der Waals surface area contributed by atoms with Gasteiger partial charge in [-0.15, -0.1) is 0 Å².